The van der Waals surface area contributed by atoms with Crippen LogP contribution in [-0.2, 0) is 5.41 Å². The lowest BCUT2D eigenvalue weighted by Gasteiger charge is -2.18. The van der Waals surface area contributed by atoms with E-state index in [9.17, 15) is 4.79 Å². The highest BCUT2D eigenvalue weighted by molar-refractivity contribution is 7.15. The average Bonchev–Trinajstić information content (AvgIpc) is 3.28. The number of rotatable bonds is 5. The fourth-order valence-corrected chi connectivity index (χ4v) is 4.18. The van der Waals surface area contributed by atoms with Crippen LogP contribution >= 0.6 is 11.3 Å². The van der Waals surface area contributed by atoms with Gasteiger partial charge < -0.3 is 9.47 Å². The second kappa shape index (κ2) is 8.15. The van der Waals surface area contributed by atoms with Crippen molar-refractivity contribution in [3.63, 3.8) is 0 Å². The van der Waals surface area contributed by atoms with E-state index in [1.807, 2.05) is 43.3 Å². The van der Waals surface area contributed by atoms with E-state index in [1.165, 1.54) is 21.4 Å². The first-order valence-corrected chi connectivity index (χ1v) is 10.9. The van der Waals surface area contributed by atoms with Crippen LogP contribution in [-0.4, -0.2) is 28.3 Å². The zero-order valence-electron chi connectivity index (χ0n) is 18.3. The number of benzene rings is 2. The van der Waals surface area contributed by atoms with Crippen LogP contribution in [0, 0.1) is 0 Å². The molecule has 0 amide bonds. The number of ether oxygens (including phenoxy) is 2. The van der Waals surface area contributed by atoms with Crippen molar-refractivity contribution in [2.24, 2.45) is 0 Å². The number of hydrogen-bond acceptors (Lipinski definition) is 6. The van der Waals surface area contributed by atoms with Gasteiger partial charge in [-0.05, 0) is 41.7 Å². The number of nitrogens with zero attached hydrogens (tertiary/aromatic N) is 3. The lowest BCUT2D eigenvalue weighted by molar-refractivity contribution is 0.311. The van der Waals surface area contributed by atoms with Crippen molar-refractivity contribution in [3.8, 4) is 22.9 Å². The molecule has 0 aliphatic carbocycles. The summed E-state index contributed by atoms with van der Waals surface area (Å²) in [5.74, 6) is 1.86. The summed E-state index contributed by atoms with van der Waals surface area (Å²) in [7, 11) is 1.60. The van der Waals surface area contributed by atoms with Gasteiger partial charge in [-0.25, -0.2) is 0 Å². The predicted octanol–water partition coefficient (Wildman–Crippen LogP) is 4.07. The van der Waals surface area contributed by atoms with Gasteiger partial charge in [0.2, 0.25) is 4.96 Å². The molecule has 2 heterocycles. The summed E-state index contributed by atoms with van der Waals surface area (Å²) in [5.41, 5.74) is 2.88. The number of aromatic nitrogens is 3. The molecule has 0 atom stereocenters. The van der Waals surface area contributed by atoms with Gasteiger partial charge >= 0.3 is 0 Å². The summed E-state index contributed by atoms with van der Waals surface area (Å²) in [6.45, 7) is 9.00. The van der Waals surface area contributed by atoms with E-state index in [1.54, 1.807) is 7.11 Å². The van der Waals surface area contributed by atoms with Crippen LogP contribution in [0.15, 0.2) is 47.3 Å². The average molecular weight is 436 g/mol. The fourth-order valence-electron chi connectivity index (χ4n) is 3.28. The Labute approximate surface area is 184 Å². The summed E-state index contributed by atoms with van der Waals surface area (Å²) in [5, 5.41) is 4.45. The molecule has 0 N–H and O–H groups in total. The summed E-state index contributed by atoms with van der Waals surface area (Å²) in [4.78, 5) is 18.0. The molecule has 6 nitrogen and oxygen atoms in total. The number of methoxy groups -OCH3 is 1. The van der Waals surface area contributed by atoms with E-state index in [-0.39, 0.29) is 11.0 Å². The molecule has 31 heavy (non-hydrogen) atoms. The SMILES string of the molecule is CCOc1ccc(/C=c2\sc3nc(-c4ccc(C(C)(C)C)cc4)nn3c2=O)cc1OC. The lowest BCUT2D eigenvalue weighted by Crippen LogP contribution is -2.23. The second-order valence-electron chi connectivity index (χ2n) is 8.22. The zero-order valence-corrected chi connectivity index (χ0v) is 19.1. The van der Waals surface area contributed by atoms with Gasteiger partial charge in [0.05, 0.1) is 18.2 Å². The maximum Gasteiger partial charge on any atom is 0.291 e. The standard InChI is InChI=1S/C24H25N3O3S/c1-6-30-18-12-7-15(13-19(18)29-5)14-20-22(28)27-23(31-20)25-21(26-27)16-8-10-17(11-9-16)24(2,3)4/h7-14H,6H2,1-5H3/b20-14-. The van der Waals surface area contributed by atoms with Crippen molar-refractivity contribution in [1.82, 2.24) is 14.6 Å². The molecule has 4 rings (SSSR count). The topological polar surface area (TPSA) is 65.7 Å². The van der Waals surface area contributed by atoms with Crippen LogP contribution < -0.4 is 19.6 Å². The molecule has 0 unspecified atom stereocenters. The highest BCUT2D eigenvalue weighted by Gasteiger charge is 2.15. The molecule has 0 bridgehead atoms. The summed E-state index contributed by atoms with van der Waals surface area (Å²) in [6.07, 6.45) is 1.82. The highest BCUT2D eigenvalue weighted by atomic mass is 32.1. The van der Waals surface area contributed by atoms with Gasteiger partial charge in [0.15, 0.2) is 17.3 Å². The van der Waals surface area contributed by atoms with Crippen molar-refractivity contribution in [2.45, 2.75) is 33.1 Å². The summed E-state index contributed by atoms with van der Waals surface area (Å²) in [6, 6.07) is 13.8. The molecule has 2 aromatic carbocycles. The molecule has 0 fully saturated rings. The van der Waals surface area contributed by atoms with Gasteiger partial charge in [0, 0.05) is 5.56 Å². The first-order valence-electron chi connectivity index (χ1n) is 10.1. The largest absolute Gasteiger partial charge is 0.493 e. The number of thiazole rings is 1. The smallest absolute Gasteiger partial charge is 0.291 e. The quantitative estimate of drug-likeness (QED) is 0.473. The van der Waals surface area contributed by atoms with E-state index < -0.39 is 0 Å². The number of hydrogen-bond donors (Lipinski definition) is 0. The van der Waals surface area contributed by atoms with E-state index in [4.69, 9.17) is 9.47 Å². The van der Waals surface area contributed by atoms with E-state index in [0.29, 0.717) is 33.4 Å². The van der Waals surface area contributed by atoms with Gasteiger partial charge in [0.1, 0.15) is 0 Å². The Balaban J connectivity index is 1.69. The highest BCUT2D eigenvalue weighted by Crippen LogP contribution is 2.28. The summed E-state index contributed by atoms with van der Waals surface area (Å²) >= 11 is 1.32. The second-order valence-corrected chi connectivity index (χ2v) is 9.23. The van der Waals surface area contributed by atoms with Crippen LogP contribution in [0.1, 0.15) is 38.8 Å². The molecule has 4 aromatic rings. The Morgan fingerprint density at radius 3 is 2.45 bits per heavy atom. The van der Waals surface area contributed by atoms with Crippen LogP contribution in [0.25, 0.3) is 22.4 Å². The summed E-state index contributed by atoms with van der Waals surface area (Å²) < 4.78 is 12.9. The van der Waals surface area contributed by atoms with Gasteiger partial charge in [-0.3, -0.25) is 4.79 Å². The van der Waals surface area contributed by atoms with E-state index >= 15 is 0 Å². The molecule has 2 aromatic heterocycles. The maximum absolute atomic E-state index is 12.9. The molecule has 160 valence electrons. The molecule has 0 radical (unpaired) electrons. The maximum atomic E-state index is 12.9. The minimum atomic E-state index is -0.182. The molecule has 0 saturated carbocycles. The van der Waals surface area contributed by atoms with Gasteiger partial charge in [-0.2, -0.15) is 9.50 Å². The third-order valence-corrected chi connectivity index (χ3v) is 5.94. The Bertz CT molecular complexity index is 1330. The van der Waals surface area contributed by atoms with Crippen molar-refractivity contribution in [2.75, 3.05) is 13.7 Å². The van der Waals surface area contributed by atoms with E-state index in [2.05, 4.69) is 43.0 Å². The van der Waals surface area contributed by atoms with Crippen LogP contribution in [0.5, 0.6) is 11.5 Å². The lowest BCUT2D eigenvalue weighted by atomic mass is 9.87. The molecule has 0 spiro atoms. The molecule has 0 saturated heterocycles. The van der Waals surface area contributed by atoms with Crippen LogP contribution in [0.2, 0.25) is 0 Å². The molecular formula is C24H25N3O3S. The molecule has 0 aliphatic heterocycles. The Hall–Kier alpha value is -3.19. The Kier molecular flexibility index (Phi) is 5.54. The Morgan fingerprint density at radius 1 is 1.10 bits per heavy atom. The van der Waals surface area contributed by atoms with Gasteiger partial charge in [-0.15, -0.1) is 5.10 Å². The van der Waals surface area contributed by atoms with Crippen LogP contribution in [0.4, 0.5) is 0 Å². The monoisotopic (exact) mass is 435 g/mol. The van der Waals surface area contributed by atoms with Crippen molar-refractivity contribution < 1.29 is 9.47 Å². The minimum absolute atomic E-state index is 0.0803. The van der Waals surface area contributed by atoms with Crippen molar-refractivity contribution >= 4 is 22.4 Å². The fraction of sp³-hybridized carbons (Fsp3) is 0.292. The Morgan fingerprint density at radius 2 is 1.84 bits per heavy atom. The molecule has 0 aliphatic rings. The zero-order chi connectivity index (χ0) is 22.2. The molecular weight excluding hydrogens is 410 g/mol. The van der Waals surface area contributed by atoms with Gasteiger partial charge in [-0.1, -0.05) is 62.4 Å². The van der Waals surface area contributed by atoms with Crippen LogP contribution in [0.3, 0.4) is 0 Å². The van der Waals surface area contributed by atoms with Crippen molar-refractivity contribution in [1.29, 1.82) is 0 Å². The number of fused-ring (bicyclic) bond motifs is 1. The first-order chi connectivity index (χ1) is 14.8. The van der Waals surface area contributed by atoms with Gasteiger partial charge in [0.25, 0.3) is 5.56 Å². The normalized spacial score (nSPS) is 12.5. The first kappa shape index (κ1) is 21.1. The third-order valence-electron chi connectivity index (χ3n) is 4.98. The third kappa shape index (κ3) is 4.18. The molecule has 7 heteroatoms. The minimum Gasteiger partial charge on any atom is -0.493 e. The van der Waals surface area contributed by atoms with Crippen molar-refractivity contribution in [3.05, 3.63) is 68.5 Å². The predicted molar refractivity (Wildman–Crippen MR) is 124 cm³/mol. The van der Waals surface area contributed by atoms with E-state index in [0.717, 1.165) is 11.1 Å².